The number of ether oxygens (including phenoxy) is 1. The van der Waals surface area contributed by atoms with Gasteiger partial charge in [-0.3, -0.25) is 4.79 Å². The number of rotatable bonds is 5. The third-order valence-electron chi connectivity index (χ3n) is 8.44. The van der Waals surface area contributed by atoms with Gasteiger partial charge in [-0.15, -0.1) is 0 Å². The van der Waals surface area contributed by atoms with Crippen LogP contribution in [0.15, 0.2) is 24.3 Å². The SMILES string of the molecule is COC(=O)[C@@H]1C[C@@H]2CC[C@@]1(CS(=O)(=O)N1CCN(c3ccccc3C)CC1)C2(C)C. The Balaban J connectivity index is 1.52. The molecule has 4 rings (SSSR count). The normalized spacial score (nSPS) is 31.1. The monoisotopic (exact) mass is 434 g/mol. The Morgan fingerprint density at radius 3 is 2.43 bits per heavy atom. The number of hydrogen-bond acceptors (Lipinski definition) is 5. The highest BCUT2D eigenvalue weighted by Gasteiger charge is 2.67. The predicted molar refractivity (Wildman–Crippen MR) is 118 cm³/mol. The van der Waals surface area contributed by atoms with E-state index in [0.717, 1.165) is 19.3 Å². The Labute approximate surface area is 180 Å². The second-order valence-electron chi connectivity index (χ2n) is 9.85. The van der Waals surface area contributed by atoms with Crippen LogP contribution in [0, 0.1) is 29.6 Å². The molecule has 0 unspecified atom stereocenters. The molecule has 0 aromatic heterocycles. The number of para-hydroxylation sites is 1. The van der Waals surface area contributed by atoms with Gasteiger partial charge in [0.25, 0.3) is 0 Å². The zero-order valence-corrected chi connectivity index (χ0v) is 19.4. The van der Waals surface area contributed by atoms with Crippen molar-refractivity contribution in [3.63, 3.8) is 0 Å². The first kappa shape index (κ1) is 21.6. The molecule has 1 aromatic carbocycles. The molecule has 0 spiro atoms. The van der Waals surface area contributed by atoms with Gasteiger partial charge >= 0.3 is 5.97 Å². The fourth-order valence-corrected chi connectivity index (χ4v) is 8.70. The summed E-state index contributed by atoms with van der Waals surface area (Å²) in [5, 5.41) is 0. The van der Waals surface area contributed by atoms with Crippen molar-refractivity contribution in [3.8, 4) is 0 Å². The molecule has 2 bridgehead atoms. The number of aryl methyl sites for hydroxylation is 1. The minimum Gasteiger partial charge on any atom is -0.469 e. The van der Waals surface area contributed by atoms with Crippen molar-refractivity contribution < 1.29 is 17.9 Å². The predicted octanol–water partition coefficient (Wildman–Crippen LogP) is 3.06. The third-order valence-corrected chi connectivity index (χ3v) is 10.5. The van der Waals surface area contributed by atoms with E-state index in [4.69, 9.17) is 4.74 Å². The summed E-state index contributed by atoms with van der Waals surface area (Å²) in [7, 11) is -2.06. The quantitative estimate of drug-likeness (QED) is 0.667. The molecule has 0 N–H and O–H groups in total. The van der Waals surface area contributed by atoms with Gasteiger partial charge in [-0.05, 0) is 49.1 Å². The lowest BCUT2D eigenvalue weighted by Crippen LogP contribution is -2.53. The molecule has 1 heterocycles. The molecule has 1 aliphatic heterocycles. The number of esters is 1. The molecule has 30 heavy (non-hydrogen) atoms. The van der Waals surface area contributed by atoms with E-state index in [1.807, 2.05) is 12.1 Å². The summed E-state index contributed by atoms with van der Waals surface area (Å²) < 4.78 is 33.8. The minimum absolute atomic E-state index is 0.0492. The number of piperazine rings is 1. The van der Waals surface area contributed by atoms with E-state index in [9.17, 15) is 13.2 Å². The number of benzene rings is 1. The van der Waals surface area contributed by atoms with Gasteiger partial charge in [-0.1, -0.05) is 32.0 Å². The maximum Gasteiger partial charge on any atom is 0.309 e. The standard InChI is InChI=1S/C23H34N2O4S/c1-17-7-5-6-8-20(17)24-11-13-25(14-12-24)30(27,28)16-23-10-9-18(22(23,2)3)15-19(23)21(26)29-4/h5-8,18-19H,9-16H2,1-4H3/t18-,19-,23-/m0/s1. The van der Waals surface area contributed by atoms with Crippen molar-refractivity contribution >= 4 is 21.7 Å². The Hall–Kier alpha value is -1.60. The first-order chi connectivity index (χ1) is 14.1. The lowest BCUT2D eigenvalue weighted by Gasteiger charge is -2.43. The zero-order chi connectivity index (χ0) is 21.7. The van der Waals surface area contributed by atoms with E-state index in [2.05, 4.69) is 37.8 Å². The van der Waals surface area contributed by atoms with E-state index < -0.39 is 15.4 Å². The average molecular weight is 435 g/mol. The Kier molecular flexibility index (Phi) is 5.42. The molecule has 1 aromatic rings. The Morgan fingerprint density at radius 2 is 1.83 bits per heavy atom. The first-order valence-corrected chi connectivity index (χ1v) is 12.6. The summed E-state index contributed by atoms with van der Waals surface area (Å²) in [6.45, 7) is 8.73. The van der Waals surface area contributed by atoms with Crippen LogP contribution in [0.2, 0.25) is 0 Å². The van der Waals surface area contributed by atoms with Crippen molar-refractivity contribution in [1.82, 2.24) is 4.31 Å². The second-order valence-corrected chi connectivity index (χ2v) is 11.8. The second kappa shape index (κ2) is 7.52. The van der Waals surface area contributed by atoms with Crippen LogP contribution >= 0.6 is 0 Å². The molecule has 0 amide bonds. The number of methoxy groups -OCH3 is 1. The summed E-state index contributed by atoms with van der Waals surface area (Å²) >= 11 is 0. The minimum atomic E-state index is -3.47. The van der Waals surface area contributed by atoms with Crippen LogP contribution in [-0.2, 0) is 19.6 Å². The summed E-state index contributed by atoms with van der Waals surface area (Å²) in [5.74, 6) is -0.132. The van der Waals surface area contributed by atoms with Crippen LogP contribution in [0.25, 0.3) is 0 Å². The van der Waals surface area contributed by atoms with Gasteiger partial charge in [-0.2, -0.15) is 4.31 Å². The fraction of sp³-hybridized carbons (Fsp3) is 0.696. The van der Waals surface area contributed by atoms with Crippen LogP contribution in [0.5, 0.6) is 0 Å². The zero-order valence-electron chi connectivity index (χ0n) is 18.6. The highest BCUT2D eigenvalue weighted by atomic mass is 32.2. The molecular weight excluding hydrogens is 400 g/mol. The number of sulfonamides is 1. The van der Waals surface area contributed by atoms with Crippen LogP contribution in [0.1, 0.15) is 38.7 Å². The molecule has 3 atom stereocenters. The van der Waals surface area contributed by atoms with Crippen molar-refractivity contribution in [2.45, 2.75) is 40.0 Å². The van der Waals surface area contributed by atoms with Gasteiger partial charge in [0.2, 0.25) is 10.0 Å². The van der Waals surface area contributed by atoms with E-state index >= 15 is 0 Å². The van der Waals surface area contributed by atoms with Crippen LogP contribution in [-0.4, -0.2) is 57.7 Å². The van der Waals surface area contributed by atoms with Crippen molar-refractivity contribution in [2.24, 2.45) is 22.7 Å². The topological polar surface area (TPSA) is 66.9 Å². The van der Waals surface area contributed by atoms with Crippen molar-refractivity contribution in [2.75, 3.05) is 43.9 Å². The molecule has 6 nitrogen and oxygen atoms in total. The molecule has 1 saturated heterocycles. The van der Waals surface area contributed by atoms with E-state index in [0.29, 0.717) is 32.1 Å². The summed E-state index contributed by atoms with van der Waals surface area (Å²) in [6, 6.07) is 8.23. The Bertz CT molecular complexity index is 921. The smallest absolute Gasteiger partial charge is 0.309 e. The van der Waals surface area contributed by atoms with Crippen molar-refractivity contribution in [1.29, 1.82) is 0 Å². The number of fused-ring (bicyclic) bond motifs is 2. The number of carbonyl (C=O) groups excluding carboxylic acids is 1. The molecule has 166 valence electrons. The van der Waals surface area contributed by atoms with Crippen LogP contribution < -0.4 is 4.90 Å². The lowest BCUT2D eigenvalue weighted by atomic mass is 9.66. The molecule has 7 heteroatoms. The lowest BCUT2D eigenvalue weighted by molar-refractivity contribution is -0.150. The van der Waals surface area contributed by atoms with E-state index in [-0.39, 0.29) is 23.1 Å². The fourth-order valence-electron chi connectivity index (χ4n) is 6.43. The van der Waals surface area contributed by atoms with Crippen LogP contribution in [0.4, 0.5) is 5.69 Å². The van der Waals surface area contributed by atoms with Gasteiger partial charge in [0.1, 0.15) is 0 Å². The maximum absolute atomic E-state index is 13.5. The third kappa shape index (κ3) is 3.25. The van der Waals surface area contributed by atoms with Crippen molar-refractivity contribution in [3.05, 3.63) is 29.8 Å². The highest BCUT2D eigenvalue weighted by Crippen LogP contribution is 2.69. The van der Waals surface area contributed by atoms with E-state index in [1.165, 1.54) is 18.4 Å². The molecule has 0 radical (unpaired) electrons. The summed E-state index contributed by atoms with van der Waals surface area (Å²) in [6.07, 6.45) is 2.53. The molecule has 2 aliphatic carbocycles. The number of hydrogen-bond donors (Lipinski definition) is 0. The highest BCUT2D eigenvalue weighted by molar-refractivity contribution is 7.89. The molecule has 3 aliphatic rings. The molecular formula is C23H34N2O4S. The van der Waals surface area contributed by atoms with Gasteiger partial charge < -0.3 is 9.64 Å². The first-order valence-electron chi connectivity index (χ1n) is 11.0. The number of anilines is 1. The van der Waals surface area contributed by atoms with Gasteiger partial charge in [-0.25, -0.2) is 8.42 Å². The number of carbonyl (C=O) groups is 1. The van der Waals surface area contributed by atoms with Gasteiger partial charge in [0.15, 0.2) is 0 Å². The summed E-state index contributed by atoms with van der Waals surface area (Å²) in [5.41, 5.74) is 1.67. The molecule has 2 saturated carbocycles. The largest absolute Gasteiger partial charge is 0.469 e. The van der Waals surface area contributed by atoms with Gasteiger partial charge in [0.05, 0.1) is 18.8 Å². The maximum atomic E-state index is 13.5. The molecule has 3 fully saturated rings. The summed E-state index contributed by atoms with van der Waals surface area (Å²) in [4.78, 5) is 14.8. The Morgan fingerprint density at radius 1 is 1.17 bits per heavy atom. The average Bonchev–Trinajstić information content (AvgIpc) is 3.08. The van der Waals surface area contributed by atoms with Gasteiger partial charge in [0, 0.05) is 37.3 Å². The number of nitrogens with zero attached hydrogens (tertiary/aromatic N) is 2. The van der Waals surface area contributed by atoms with E-state index in [1.54, 1.807) is 4.31 Å². The van der Waals surface area contributed by atoms with Crippen LogP contribution in [0.3, 0.4) is 0 Å².